The Balaban J connectivity index is 1.59. The maximum atomic E-state index is 13.4. The molecule has 0 spiro atoms. The van der Waals surface area contributed by atoms with Crippen LogP contribution in [-0.2, 0) is 13.1 Å². The molecule has 146 valence electrons. The highest BCUT2D eigenvalue weighted by atomic mass is 19.1. The van der Waals surface area contributed by atoms with Gasteiger partial charge in [0.25, 0.3) is 0 Å². The van der Waals surface area contributed by atoms with Crippen molar-refractivity contribution in [2.75, 3.05) is 18.0 Å². The van der Waals surface area contributed by atoms with Crippen molar-refractivity contribution in [1.29, 1.82) is 0 Å². The number of piperidine rings is 1. The standard InChI is InChI=1S/C23H26FN3O/c1-16-5-6-18-13-19(15-25-14-17-3-2-4-20(24)12-17)23(26-22(18)11-16)27-9-7-21(28)8-10-27/h2-6,11-13,21,25,28H,7-10,14-15H2,1H3. The summed E-state index contributed by atoms with van der Waals surface area (Å²) in [5.74, 6) is 0.770. The summed E-state index contributed by atoms with van der Waals surface area (Å²) in [6.45, 7) is 4.95. The Labute approximate surface area is 165 Å². The lowest BCUT2D eigenvalue weighted by atomic mass is 10.1. The van der Waals surface area contributed by atoms with Crippen LogP contribution in [0.5, 0.6) is 0 Å². The summed E-state index contributed by atoms with van der Waals surface area (Å²) in [5.41, 5.74) is 4.24. The fourth-order valence-corrected chi connectivity index (χ4v) is 3.78. The number of hydrogen-bond donors (Lipinski definition) is 2. The summed E-state index contributed by atoms with van der Waals surface area (Å²) in [7, 11) is 0. The average molecular weight is 379 g/mol. The van der Waals surface area contributed by atoms with Gasteiger partial charge in [-0.1, -0.05) is 24.3 Å². The Morgan fingerprint density at radius 2 is 1.93 bits per heavy atom. The number of aliphatic hydroxyl groups is 1. The first-order chi connectivity index (χ1) is 13.6. The molecule has 28 heavy (non-hydrogen) atoms. The molecule has 2 aromatic carbocycles. The van der Waals surface area contributed by atoms with Crippen molar-refractivity contribution in [3.63, 3.8) is 0 Å². The van der Waals surface area contributed by atoms with Gasteiger partial charge in [-0.15, -0.1) is 0 Å². The van der Waals surface area contributed by atoms with Gasteiger partial charge in [0, 0.05) is 37.1 Å². The molecule has 0 atom stereocenters. The summed E-state index contributed by atoms with van der Waals surface area (Å²) in [4.78, 5) is 7.24. The van der Waals surface area contributed by atoms with E-state index in [0.29, 0.717) is 13.1 Å². The molecule has 0 aliphatic carbocycles. The predicted molar refractivity (Wildman–Crippen MR) is 111 cm³/mol. The summed E-state index contributed by atoms with van der Waals surface area (Å²) in [6, 6.07) is 15.2. The van der Waals surface area contributed by atoms with Crippen LogP contribution in [0.4, 0.5) is 10.2 Å². The predicted octanol–water partition coefficient (Wildman–Crippen LogP) is 3.93. The lowest BCUT2D eigenvalue weighted by Crippen LogP contribution is -2.37. The number of halogens is 1. The summed E-state index contributed by atoms with van der Waals surface area (Å²) in [5, 5.41) is 14.4. The normalized spacial score (nSPS) is 15.3. The second-order valence-electron chi connectivity index (χ2n) is 7.62. The van der Waals surface area contributed by atoms with Crippen molar-refractivity contribution in [3.8, 4) is 0 Å². The zero-order chi connectivity index (χ0) is 19.5. The molecule has 1 fully saturated rings. The summed E-state index contributed by atoms with van der Waals surface area (Å²) >= 11 is 0. The smallest absolute Gasteiger partial charge is 0.133 e. The lowest BCUT2D eigenvalue weighted by Gasteiger charge is -2.32. The van der Waals surface area contributed by atoms with Gasteiger partial charge in [0.2, 0.25) is 0 Å². The van der Waals surface area contributed by atoms with E-state index < -0.39 is 0 Å². The summed E-state index contributed by atoms with van der Waals surface area (Å²) < 4.78 is 13.4. The van der Waals surface area contributed by atoms with Crippen molar-refractivity contribution in [2.45, 2.75) is 39.0 Å². The number of nitrogens with zero attached hydrogens (tertiary/aromatic N) is 2. The molecule has 2 heterocycles. The van der Waals surface area contributed by atoms with Crippen LogP contribution in [-0.4, -0.2) is 29.3 Å². The third kappa shape index (κ3) is 4.32. The molecule has 4 rings (SSSR count). The van der Waals surface area contributed by atoms with Crippen LogP contribution in [0.1, 0.15) is 29.5 Å². The van der Waals surface area contributed by atoms with Crippen molar-refractivity contribution in [1.82, 2.24) is 10.3 Å². The molecule has 0 bridgehead atoms. The van der Waals surface area contributed by atoms with Gasteiger partial charge in [0.15, 0.2) is 0 Å². The van der Waals surface area contributed by atoms with E-state index in [1.54, 1.807) is 12.1 Å². The van der Waals surface area contributed by atoms with E-state index in [-0.39, 0.29) is 11.9 Å². The quantitative estimate of drug-likeness (QED) is 0.705. The van der Waals surface area contributed by atoms with Crippen LogP contribution in [0.15, 0.2) is 48.5 Å². The molecule has 1 saturated heterocycles. The van der Waals surface area contributed by atoms with Crippen LogP contribution in [0, 0.1) is 12.7 Å². The number of nitrogens with one attached hydrogen (secondary N) is 1. The second kappa shape index (κ2) is 8.25. The first kappa shape index (κ1) is 18.8. The highest BCUT2D eigenvalue weighted by molar-refractivity contribution is 5.82. The fourth-order valence-electron chi connectivity index (χ4n) is 3.78. The molecule has 1 aromatic heterocycles. The number of benzene rings is 2. The first-order valence-corrected chi connectivity index (χ1v) is 9.87. The SMILES string of the molecule is Cc1ccc2cc(CNCc3cccc(F)c3)c(N3CCC(O)CC3)nc2c1. The zero-order valence-corrected chi connectivity index (χ0v) is 16.2. The summed E-state index contributed by atoms with van der Waals surface area (Å²) in [6.07, 6.45) is 1.32. The van der Waals surface area contributed by atoms with Crippen molar-refractivity contribution in [2.24, 2.45) is 0 Å². The lowest BCUT2D eigenvalue weighted by molar-refractivity contribution is 0.145. The van der Waals surface area contributed by atoms with E-state index in [0.717, 1.165) is 53.8 Å². The van der Waals surface area contributed by atoms with Gasteiger partial charge < -0.3 is 15.3 Å². The molecule has 0 saturated carbocycles. The van der Waals surface area contributed by atoms with Gasteiger partial charge in [-0.25, -0.2) is 9.37 Å². The van der Waals surface area contributed by atoms with Crippen LogP contribution in [0.3, 0.4) is 0 Å². The Kier molecular flexibility index (Phi) is 5.55. The second-order valence-corrected chi connectivity index (χ2v) is 7.62. The van der Waals surface area contributed by atoms with Gasteiger partial charge in [-0.05, 0) is 55.2 Å². The molecule has 0 amide bonds. The van der Waals surface area contributed by atoms with Crippen molar-refractivity contribution < 1.29 is 9.50 Å². The maximum absolute atomic E-state index is 13.4. The van der Waals surface area contributed by atoms with Crippen molar-refractivity contribution in [3.05, 3.63) is 71.0 Å². The third-order valence-electron chi connectivity index (χ3n) is 5.33. The Bertz CT molecular complexity index is 967. The monoisotopic (exact) mass is 379 g/mol. The largest absolute Gasteiger partial charge is 0.393 e. The van der Waals surface area contributed by atoms with Crippen LogP contribution >= 0.6 is 0 Å². The van der Waals surface area contributed by atoms with Crippen LogP contribution in [0.25, 0.3) is 10.9 Å². The topological polar surface area (TPSA) is 48.4 Å². The van der Waals surface area contributed by atoms with E-state index >= 15 is 0 Å². The van der Waals surface area contributed by atoms with Gasteiger partial charge >= 0.3 is 0 Å². The van der Waals surface area contributed by atoms with E-state index in [4.69, 9.17) is 4.98 Å². The molecular formula is C23H26FN3O. The number of aliphatic hydroxyl groups excluding tert-OH is 1. The highest BCUT2D eigenvalue weighted by Gasteiger charge is 2.21. The fraction of sp³-hybridized carbons (Fsp3) is 0.348. The van der Waals surface area contributed by atoms with Crippen molar-refractivity contribution >= 4 is 16.7 Å². The number of hydrogen-bond acceptors (Lipinski definition) is 4. The minimum atomic E-state index is -0.214. The van der Waals surface area contributed by atoms with Gasteiger partial charge in [0.05, 0.1) is 11.6 Å². The maximum Gasteiger partial charge on any atom is 0.133 e. The molecule has 0 unspecified atom stereocenters. The van der Waals surface area contributed by atoms with Crippen LogP contribution < -0.4 is 10.2 Å². The molecular weight excluding hydrogens is 353 g/mol. The van der Waals surface area contributed by atoms with Gasteiger partial charge in [-0.2, -0.15) is 0 Å². The Hall–Kier alpha value is -2.50. The molecule has 2 N–H and O–H groups in total. The minimum Gasteiger partial charge on any atom is -0.393 e. The number of anilines is 1. The molecule has 3 aromatic rings. The first-order valence-electron chi connectivity index (χ1n) is 9.87. The Morgan fingerprint density at radius 3 is 2.71 bits per heavy atom. The number of fused-ring (bicyclic) bond motifs is 1. The zero-order valence-electron chi connectivity index (χ0n) is 16.2. The van der Waals surface area contributed by atoms with Crippen LogP contribution in [0.2, 0.25) is 0 Å². The molecule has 4 nitrogen and oxygen atoms in total. The molecule has 1 aliphatic rings. The number of pyridine rings is 1. The minimum absolute atomic E-state index is 0.213. The van der Waals surface area contributed by atoms with E-state index in [1.807, 2.05) is 6.07 Å². The van der Waals surface area contributed by atoms with E-state index in [9.17, 15) is 9.50 Å². The van der Waals surface area contributed by atoms with E-state index in [1.165, 1.54) is 11.6 Å². The molecule has 1 aliphatic heterocycles. The number of aryl methyl sites for hydroxylation is 1. The van der Waals surface area contributed by atoms with E-state index in [2.05, 4.69) is 41.4 Å². The average Bonchev–Trinajstić information content (AvgIpc) is 2.68. The molecule has 5 heteroatoms. The number of rotatable bonds is 5. The van der Waals surface area contributed by atoms with Gasteiger partial charge in [0.1, 0.15) is 11.6 Å². The Morgan fingerprint density at radius 1 is 1.11 bits per heavy atom. The molecule has 0 radical (unpaired) electrons. The van der Waals surface area contributed by atoms with Gasteiger partial charge in [-0.3, -0.25) is 0 Å². The highest BCUT2D eigenvalue weighted by Crippen LogP contribution is 2.27. The number of aromatic nitrogens is 1. The third-order valence-corrected chi connectivity index (χ3v) is 5.33.